The molecule has 0 amide bonds. The topological polar surface area (TPSA) is 40.5 Å². The first-order chi connectivity index (χ1) is 15.3. The molecule has 172 valence electrons. The van der Waals surface area contributed by atoms with Crippen LogP contribution in [0.5, 0.6) is 0 Å². The molecule has 0 aliphatic rings. The van der Waals surface area contributed by atoms with E-state index in [2.05, 4.69) is 47.8 Å². The Hall–Kier alpha value is -1.84. The molecule has 4 aromatic carbocycles. The van der Waals surface area contributed by atoms with Crippen LogP contribution in [0, 0.1) is 11.6 Å². The summed E-state index contributed by atoms with van der Waals surface area (Å²) in [6.07, 6.45) is 0. The van der Waals surface area contributed by atoms with Gasteiger partial charge in [0.15, 0.2) is 0 Å². The monoisotopic (exact) mass is 640 g/mol. The van der Waals surface area contributed by atoms with Gasteiger partial charge in [-0.2, -0.15) is 0 Å². The third kappa shape index (κ3) is 10.3. The lowest BCUT2D eigenvalue weighted by molar-refractivity contribution is 0.425. The van der Waals surface area contributed by atoms with Crippen molar-refractivity contribution in [2.75, 3.05) is 0 Å². The zero-order valence-electron chi connectivity index (χ0n) is 16.6. The van der Waals surface area contributed by atoms with Crippen LogP contribution in [-0.2, 0) is 0 Å². The maximum Gasteiger partial charge on any atom is 0.488 e. The number of benzene rings is 4. The molecule has 0 atom stereocenters. The largest absolute Gasteiger partial charge is 0.488 e. The molecular weight excluding hydrogens is 621 g/mol. The summed E-state index contributed by atoms with van der Waals surface area (Å²) in [5.74, 6) is -0.592. The molecule has 0 heterocycles. The minimum atomic E-state index is -1.51. The summed E-state index contributed by atoms with van der Waals surface area (Å²) in [5, 5.41) is 17.1. The van der Waals surface area contributed by atoms with Gasteiger partial charge in [-0.05, 0) is 90.9 Å². The molecule has 0 unspecified atom stereocenters. The van der Waals surface area contributed by atoms with Crippen molar-refractivity contribution in [2.24, 2.45) is 0 Å². The van der Waals surface area contributed by atoms with E-state index >= 15 is 0 Å². The molecule has 0 radical (unpaired) electrons. The van der Waals surface area contributed by atoms with E-state index < -0.39 is 7.12 Å². The van der Waals surface area contributed by atoms with Gasteiger partial charge in [0.1, 0.15) is 11.6 Å². The highest BCUT2D eigenvalue weighted by Gasteiger charge is 2.09. The second-order valence-corrected chi connectivity index (χ2v) is 8.89. The minimum absolute atomic E-state index is 0. The molecule has 0 spiro atoms. The lowest BCUT2D eigenvalue weighted by Gasteiger charge is -2.03. The van der Waals surface area contributed by atoms with Gasteiger partial charge in [0.25, 0.3) is 0 Å². The Morgan fingerprint density at radius 3 is 1.33 bits per heavy atom. The van der Waals surface area contributed by atoms with Crippen LogP contribution in [0.4, 0.5) is 8.78 Å². The van der Waals surface area contributed by atoms with Crippen LogP contribution in [0.1, 0.15) is 7.43 Å². The highest BCUT2D eigenvalue weighted by atomic mass is 79.9. The zero-order chi connectivity index (χ0) is 23.5. The third-order valence-corrected chi connectivity index (χ3v) is 6.63. The van der Waals surface area contributed by atoms with Crippen LogP contribution >= 0.6 is 47.8 Å². The van der Waals surface area contributed by atoms with Gasteiger partial charge in [-0.15, -0.1) is 0 Å². The van der Waals surface area contributed by atoms with Crippen molar-refractivity contribution in [2.45, 2.75) is 7.43 Å². The maximum absolute atomic E-state index is 12.7. The standard InChI is InChI=1S/C12H8BrF.C6H6BFO2.C6H4Br2.CH4/c13-12-4-2-1-3-11(12)9-5-7-10(14)8-6-9;8-6-3-1-5(2-4-6)7(9)10;7-5-3-1-2-4-6(5)8;/h1-8H;1-4,9-10H;1-4H;1H4. The van der Waals surface area contributed by atoms with Crippen molar-refractivity contribution in [1.82, 2.24) is 0 Å². The first-order valence-corrected chi connectivity index (χ1v) is 11.7. The third-order valence-electron chi connectivity index (χ3n) is 4.02. The van der Waals surface area contributed by atoms with Crippen molar-refractivity contribution < 1.29 is 18.8 Å². The normalized spacial score (nSPS) is 9.42. The molecule has 0 aliphatic carbocycles. The Balaban J connectivity index is 0.000000255. The van der Waals surface area contributed by atoms with Gasteiger partial charge in [-0.25, -0.2) is 8.78 Å². The van der Waals surface area contributed by atoms with Gasteiger partial charge < -0.3 is 10.0 Å². The molecule has 0 aliphatic heterocycles. The van der Waals surface area contributed by atoms with Crippen molar-refractivity contribution in [1.29, 1.82) is 0 Å². The van der Waals surface area contributed by atoms with E-state index in [4.69, 9.17) is 10.0 Å². The molecule has 4 aromatic rings. The molecule has 0 saturated heterocycles. The van der Waals surface area contributed by atoms with E-state index in [1.165, 1.54) is 36.4 Å². The predicted molar refractivity (Wildman–Crippen MR) is 144 cm³/mol. The van der Waals surface area contributed by atoms with Crippen LogP contribution < -0.4 is 5.46 Å². The Kier molecular flexibility index (Phi) is 13.4. The van der Waals surface area contributed by atoms with Crippen LogP contribution in [0.3, 0.4) is 0 Å². The Bertz CT molecular complexity index is 1090. The number of hydrogen-bond donors (Lipinski definition) is 2. The summed E-state index contributed by atoms with van der Waals surface area (Å²) >= 11 is 10.2. The average molecular weight is 643 g/mol. The van der Waals surface area contributed by atoms with E-state index in [-0.39, 0.29) is 19.1 Å². The number of hydrogen-bond acceptors (Lipinski definition) is 2. The van der Waals surface area contributed by atoms with E-state index in [0.29, 0.717) is 5.46 Å². The SMILES string of the molecule is Brc1ccccc1Br.C.Fc1ccc(-c2ccccc2Br)cc1.OB(O)c1ccc(F)cc1. The lowest BCUT2D eigenvalue weighted by Crippen LogP contribution is -2.29. The highest BCUT2D eigenvalue weighted by Crippen LogP contribution is 2.27. The minimum Gasteiger partial charge on any atom is -0.423 e. The highest BCUT2D eigenvalue weighted by molar-refractivity contribution is 9.13. The second-order valence-electron chi connectivity index (χ2n) is 6.33. The lowest BCUT2D eigenvalue weighted by atomic mass is 9.80. The van der Waals surface area contributed by atoms with Crippen molar-refractivity contribution in [3.05, 3.63) is 122 Å². The van der Waals surface area contributed by atoms with Crippen LogP contribution in [0.15, 0.2) is 110 Å². The summed E-state index contributed by atoms with van der Waals surface area (Å²) in [4.78, 5) is 0. The number of halogens is 5. The summed E-state index contributed by atoms with van der Waals surface area (Å²) in [7, 11) is -1.51. The summed E-state index contributed by atoms with van der Waals surface area (Å²) in [5.41, 5.74) is 2.38. The molecule has 0 bridgehead atoms. The molecule has 2 N–H and O–H groups in total. The van der Waals surface area contributed by atoms with Gasteiger partial charge >= 0.3 is 7.12 Å². The molecule has 0 saturated carbocycles. The molecule has 0 fully saturated rings. The maximum atomic E-state index is 12.7. The fourth-order valence-electron chi connectivity index (χ4n) is 2.40. The van der Waals surface area contributed by atoms with Crippen LogP contribution in [-0.4, -0.2) is 17.2 Å². The second kappa shape index (κ2) is 15.1. The first kappa shape index (κ1) is 29.2. The zero-order valence-corrected chi connectivity index (χ0v) is 21.4. The van der Waals surface area contributed by atoms with Crippen LogP contribution in [0.2, 0.25) is 0 Å². The Labute approximate surface area is 218 Å². The van der Waals surface area contributed by atoms with E-state index in [0.717, 1.165) is 24.5 Å². The van der Waals surface area contributed by atoms with Crippen molar-refractivity contribution in [3.8, 4) is 11.1 Å². The Morgan fingerprint density at radius 1 is 0.545 bits per heavy atom. The van der Waals surface area contributed by atoms with Crippen molar-refractivity contribution in [3.63, 3.8) is 0 Å². The van der Waals surface area contributed by atoms with Gasteiger partial charge in [0, 0.05) is 13.4 Å². The molecular formula is C25H22BBr3F2O2. The van der Waals surface area contributed by atoms with E-state index in [1.807, 2.05) is 48.5 Å². The van der Waals surface area contributed by atoms with Gasteiger partial charge in [-0.3, -0.25) is 0 Å². The molecule has 33 heavy (non-hydrogen) atoms. The molecule has 0 aromatic heterocycles. The number of rotatable bonds is 2. The average Bonchev–Trinajstić information content (AvgIpc) is 2.78. The van der Waals surface area contributed by atoms with Crippen molar-refractivity contribution >= 4 is 60.4 Å². The first-order valence-electron chi connectivity index (χ1n) is 9.30. The molecule has 8 heteroatoms. The fraction of sp³-hybridized carbons (Fsp3) is 0.0400. The fourth-order valence-corrected chi connectivity index (χ4v) is 3.48. The van der Waals surface area contributed by atoms with E-state index in [1.54, 1.807) is 12.1 Å². The smallest absolute Gasteiger partial charge is 0.423 e. The van der Waals surface area contributed by atoms with Crippen LogP contribution in [0.25, 0.3) is 11.1 Å². The predicted octanol–water partition coefficient (Wildman–Crippen LogP) is 7.61. The van der Waals surface area contributed by atoms with Gasteiger partial charge in [0.2, 0.25) is 0 Å². The van der Waals surface area contributed by atoms with E-state index in [9.17, 15) is 8.78 Å². The van der Waals surface area contributed by atoms with Gasteiger partial charge in [0.05, 0.1) is 0 Å². The summed E-state index contributed by atoms with van der Waals surface area (Å²) in [6, 6.07) is 27.3. The molecule has 4 rings (SSSR count). The Morgan fingerprint density at radius 2 is 0.939 bits per heavy atom. The quantitative estimate of drug-likeness (QED) is 0.221. The summed E-state index contributed by atoms with van der Waals surface area (Å²) < 4.78 is 28.1. The summed E-state index contributed by atoms with van der Waals surface area (Å²) in [6.45, 7) is 0. The molecule has 2 nitrogen and oxygen atoms in total. The van der Waals surface area contributed by atoms with Gasteiger partial charge in [-0.1, -0.05) is 78.0 Å².